The lowest BCUT2D eigenvalue weighted by atomic mass is 9.93. The normalized spacial score (nSPS) is 12.8. The number of nitrogens with one attached hydrogen (secondary N) is 1. The summed E-state index contributed by atoms with van der Waals surface area (Å²) in [4.78, 5) is 11.8. The van der Waals surface area contributed by atoms with Crippen LogP contribution in [0.15, 0.2) is 24.4 Å². The van der Waals surface area contributed by atoms with Gasteiger partial charge in [-0.15, -0.1) is 0 Å². The number of H-pyrrole nitrogens is 1. The number of hydrogen-bond donors (Lipinski definition) is 2. The maximum Gasteiger partial charge on any atom is 0.269 e. The van der Waals surface area contributed by atoms with Gasteiger partial charge in [0.2, 0.25) is 0 Å². The van der Waals surface area contributed by atoms with E-state index in [4.69, 9.17) is 5.73 Å². The van der Waals surface area contributed by atoms with Crippen molar-refractivity contribution in [1.82, 2.24) is 20.0 Å². The minimum Gasteiger partial charge on any atom is -0.364 e. The van der Waals surface area contributed by atoms with Gasteiger partial charge in [-0.1, -0.05) is 12.1 Å². The van der Waals surface area contributed by atoms with Crippen LogP contribution in [0.2, 0.25) is 0 Å². The Morgan fingerprint density at radius 3 is 2.91 bits per heavy atom. The molecule has 0 saturated carbocycles. The van der Waals surface area contributed by atoms with Crippen molar-refractivity contribution in [3.05, 3.63) is 52.5 Å². The fraction of sp³-hybridized carbons (Fsp3) is 0.235. The van der Waals surface area contributed by atoms with Gasteiger partial charge >= 0.3 is 0 Å². The van der Waals surface area contributed by atoms with Crippen molar-refractivity contribution in [2.45, 2.75) is 26.7 Å². The van der Waals surface area contributed by atoms with E-state index in [2.05, 4.69) is 33.5 Å². The van der Waals surface area contributed by atoms with E-state index in [1.807, 2.05) is 18.5 Å². The first-order chi connectivity index (χ1) is 11.1. The molecule has 6 nitrogen and oxygen atoms in total. The Labute approximate surface area is 133 Å². The number of aromatic amines is 1. The number of fused-ring (bicyclic) bond motifs is 3. The van der Waals surface area contributed by atoms with Gasteiger partial charge in [-0.25, -0.2) is 4.68 Å². The number of carbonyl (C=O) groups is 1. The summed E-state index contributed by atoms with van der Waals surface area (Å²) in [6.07, 6.45) is 3.33. The second-order valence-electron chi connectivity index (χ2n) is 6.00. The summed E-state index contributed by atoms with van der Waals surface area (Å²) in [7, 11) is 0. The third-order valence-electron chi connectivity index (χ3n) is 4.41. The molecule has 0 aliphatic heterocycles. The Morgan fingerprint density at radius 1 is 1.30 bits per heavy atom. The molecule has 1 aromatic carbocycles. The van der Waals surface area contributed by atoms with Gasteiger partial charge < -0.3 is 5.73 Å². The van der Waals surface area contributed by atoms with Crippen molar-refractivity contribution < 1.29 is 4.79 Å². The number of benzene rings is 1. The number of amides is 1. The molecular weight excluding hydrogens is 290 g/mol. The minimum absolute atomic E-state index is 0.354. The second-order valence-corrected chi connectivity index (χ2v) is 6.00. The van der Waals surface area contributed by atoms with Crippen molar-refractivity contribution in [3.8, 4) is 16.9 Å². The summed E-state index contributed by atoms with van der Waals surface area (Å²) >= 11 is 0. The highest BCUT2D eigenvalue weighted by molar-refractivity contribution is 5.95. The van der Waals surface area contributed by atoms with Crippen LogP contribution in [0, 0.1) is 13.8 Å². The summed E-state index contributed by atoms with van der Waals surface area (Å²) in [5.41, 5.74) is 13.0. The lowest BCUT2D eigenvalue weighted by Crippen LogP contribution is -2.15. The van der Waals surface area contributed by atoms with Crippen molar-refractivity contribution in [3.63, 3.8) is 0 Å². The Morgan fingerprint density at radius 2 is 2.13 bits per heavy atom. The minimum atomic E-state index is -0.489. The predicted octanol–water partition coefficient (Wildman–Crippen LogP) is 2.08. The lowest BCUT2D eigenvalue weighted by Gasteiger charge is -2.16. The number of nitrogens with two attached hydrogens (primary N) is 1. The Kier molecular flexibility index (Phi) is 2.87. The van der Waals surface area contributed by atoms with E-state index >= 15 is 0 Å². The van der Waals surface area contributed by atoms with Crippen LogP contribution in [-0.2, 0) is 12.8 Å². The molecule has 116 valence electrons. The van der Waals surface area contributed by atoms with Crippen LogP contribution in [0.3, 0.4) is 0 Å². The highest BCUT2D eigenvalue weighted by Gasteiger charge is 2.29. The molecule has 3 aromatic rings. The van der Waals surface area contributed by atoms with Crippen LogP contribution in [0.25, 0.3) is 16.9 Å². The fourth-order valence-electron chi connectivity index (χ4n) is 3.24. The first-order valence-corrected chi connectivity index (χ1v) is 7.58. The lowest BCUT2D eigenvalue weighted by molar-refractivity contribution is 0.0994. The number of rotatable bonds is 2. The van der Waals surface area contributed by atoms with E-state index in [1.54, 1.807) is 6.20 Å². The molecule has 3 N–H and O–H groups in total. The van der Waals surface area contributed by atoms with Gasteiger partial charge in [0.15, 0.2) is 5.69 Å². The quantitative estimate of drug-likeness (QED) is 0.759. The van der Waals surface area contributed by atoms with Gasteiger partial charge in [-0.05, 0) is 43.9 Å². The van der Waals surface area contributed by atoms with Crippen LogP contribution in [0.1, 0.15) is 32.9 Å². The molecule has 0 saturated heterocycles. The predicted molar refractivity (Wildman–Crippen MR) is 86.5 cm³/mol. The zero-order valence-electron chi connectivity index (χ0n) is 13.1. The van der Waals surface area contributed by atoms with E-state index in [1.165, 1.54) is 0 Å². The molecule has 1 amide bonds. The van der Waals surface area contributed by atoms with E-state index in [9.17, 15) is 4.79 Å². The molecule has 0 bridgehead atoms. The second kappa shape index (κ2) is 4.81. The van der Waals surface area contributed by atoms with Gasteiger partial charge in [-0.2, -0.15) is 10.2 Å². The molecule has 0 fully saturated rings. The van der Waals surface area contributed by atoms with E-state index in [0.29, 0.717) is 5.69 Å². The van der Waals surface area contributed by atoms with Crippen LogP contribution in [-0.4, -0.2) is 25.9 Å². The van der Waals surface area contributed by atoms with Gasteiger partial charge in [0.05, 0.1) is 17.6 Å². The van der Waals surface area contributed by atoms with Gasteiger partial charge in [-0.3, -0.25) is 9.89 Å². The monoisotopic (exact) mass is 307 g/mol. The number of aryl methyl sites for hydroxylation is 3. The maximum atomic E-state index is 11.8. The van der Waals surface area contributed by atoms with Crippen molar-refractivity contribution in [2.24, 2.45) is 5.73 Å². The maximum absolute atomic E-state index is 11.8. The summed E-state index contributed by atoms with van der Waals surface area (Å²) in [6.45, 7) is 4.07. The SMILES string of the molecule is Cc1ccc(C)c(-n2nc(C(N)=O)c3c2-c2cn[nH]c2CC3)c1. The largest absolute Gasteiger partial charge is 0.364 e. The summed E-state index contributed by atoms with van der Waals surface area (Å²) in [5, 5.41) is 11.7. The van der Waals surface area contributed by atoms with Crippen molar-refractivity contribution in [2.75, 3.05) is 0 Å². The molecule has 6 heteroatoms. The third kappa shape index (κ3) is 1.98. The average Bonchev–Trinajstić information content (AvgIpc) is 3.12. The van der Waals surface area contributed by atoms with Gasteiger partial charge in [0.25, 0.3) is 5.91 Å². The van der Waals surface area contributed by atoms with Crippen molar-refractivity contribution >= 4 is 5.91 Å². The van der Waals surface area contributed by atoms with Crippen LogP contribution in [0.4, 0.5) is 0 Å². The summed E-state index contributed by atoms with van der Waals surface area (Å²) in [5.74, 6) is -0.489. The van der Waals surface area contributed by atoms with Gasteiger partial charge in [0.1, 0.15) is 0 Å². The molecule has 23 heavy (non-hydrogen) atoms. The smallest absolute Gasteiger partial charge is 0.269 e. The topological polar surface area (TPSA) is 89.6 Å². The zero-order valence-corrected chi connectivity index (χ0v) is 13.1. The molecular formula is C17H17N5O. The summed E-state index contributed by atoms with van der Waals surface area (Å²) in [6, 6.07) is 6.19. The number of nitrogens with zero attached hydrogens (tertiary/aromatic N) is 3. The van der Waals surface area contributed by atoms with E-state index in [-0.39, 0.29) is 0 Å². The molecule has 0 spiro atoms. The number of primary amides is 1. The highest BCUT2D eigenvalue weighted by Crippen LogP contribution is 2.36. The van der Waals surface area contributed by atoms with E-state index in [0.717, 1.165) is 52.2 Å². The van der Waals surface area contributed by atoms with Crippen LogP contribution in [0.5, 0.6) is 0 Å². The number of hydrogen-bond acceptors (Lipinski definition) is 3. The molecule has 1 aliphatic carbocycles. The van der Waals surface area contributed by atoms with Crippen LogP contribution < -0.4 is 5.73 Å². The van der Waals surface area contributed by atoms with Crippen LogP contribution >= 0.6 is 0 Å². The highest BCUT2D eigenvalue weighted by atomic mass is 16.1. The molecule has 4 rings (SSSR count). The number of aromatic nitrogens is 4. The first kappa shape index (κ1) is 13.8. The number of carbonyl (C=O) groups excluding carboxylic acids is 1. The van der Waals surface area contributed by atoms with Gasteiger partial charge in [0, 0.05) is 16.8 Å². The summed E-state index contributed by atoms with van der Waals surface area (Å²) < 4.78 is 1.84. The molecule has 0 unspecified atom stereocenters. The molecule has 2 heterocycles. The van der Waals surface area contributed by atoms with Crippen molar-refractivity contribution in [1.29, 1.82) is 0 Å². The standard InChI is InChI=1S/C17H17N5O/c1-9-3-4-10(2)14(7-9)22-16-11(15(21-22)17(18)23)5-6-13-12(16)8-19-20-13/h3-4,7-8H,5-6H2,1-2H3,(H2,18,23)(H,19,20). The van der Waals surface area contributed by atoms with E-state index < -0.39 is 5.91 Å². The Bertz CT molecular complexity index is 935. The molecule has 1 aliphatic rings. The molecule has 0 radical (unpaired) electrons. The third-order valence-corrected chi connectivity index (χ3v) is 4.41. The fourth-order valence-corrected chi connectivity index (χ4v) is 3.24. The Hall–Kier alpha value is -2.89. The average molecular weight is 307 g/mol. The molecule has 0 atom stereocenters. The zero-order chi connectivity index (χ0) is 16.1. The Balaban J connectivity index is 2.06. The molecule has 2 aromatic heterocycles. The first-order valence-electron chi connectivity index (χ1n) is 7.58.